The minimum absolute atomic E-state index is 0.0220. The second-order valence-electron chi connectivity index (χ2n) is 15.2. The van der Waals surface area contributed by atoms with Crippen molar-refractivity contribution in [1.82, 2.24) is 20.4 Å². The van der Waals surface area contributed by atoms with Crippen LogP contribution in [0.25, 0.3) is 4.91 Å². The van der Waals surface area contributed by atoms with E-state index in [4.69, 9.17) is 4.74 Å². The SMILES string of the molecule is CC1=C(c2ccc([C@H](C)NC(=O)[C@@H]3C[C@@H](O)CN3C(=O)[C@@H](NC(=O)CCOC[C@H]3CC[C@@]4(CO)CCCN34)C(C)(C)C)cc2)SC=C=CC1. The first-order chi connectivity index (χ1) is 23.3. The van der Waals surface area contributed by atoms with Gasteiger partial charge >= 0.3 is 0 Å². The van der Waals surface area contributed by atoms with E-state index in [-0.39, 0.29) is 67.9 Å². The molecule has 0 radical (unpaired) electrons. The van der Waals surface area contributed by atoms with Crippen LogP contribution in [0.3, 0.4) is 0 Å². The second kappa shape index (κ2) is 16.0. The Hall–Kier alpha value is -2.92. The van der Waals surface area contributed by atoms with Gasteiger partial charge in [0.15, 0.2) is 0 Å². The van der Waals surface area contributed by atoms with Crippen molar-refractivity contribution < 1.29 is 29.3 Å². The molecule has 4 aliphatic rings. The van der Waals surface area contributed by atoms with E-state index in [0.29, 0.717) is 6.61 Å². The number of likely N-dealkylation sites (tertiary alicyclic amines) is 1. The fourth-order valence-electron chi connectivity index (χ4n) is 7.73. The van der Waals surface area contributed by atoms with E-state index in [2.05, 4.69) is 40.3 Å². The summed E-state index contributed by atoms with van der Waals surface area (Å²) in [7, 11) is 0. The Kier molecular flexibility index (Phi) is 12.2. The van der Waals surface area contributed by atoms with Gasteiger partial charge in [0.1, 0.15) is 12.1 Å². The van der Waals surface area contributed by atoms with Crippen LogP contribution in [-0.2, 0) is 19.1 Å². The number of β-amino-alcohol motifs (C(OH)–C–C–N with tert-alkyl or cyclic N) is 1. The highest BCUT2D eigenvalue weighted by Gasteiger charge is 2.49. The maximum Gasteiger partial charge on any atom is 0.246 e. The lowest BCUT2D eigenvalue weighted by atomic mass is 9.85. The zero-order valence-corrected chi connectivity index (χ0v) is 30.5. The third-order valence-corrected chi connectivity index (χ3v) is 11.7. The predicted molar refractivity (Wildman–Crippen MR) is 192 cm³/mol. The van der Waals surface area contributed by atoms with Gasteiger partial charge in [0.25, 0.3) is 0 Å². The smallest absolute Gasteiger partial charge is 0.246 e. The van der Waals surface area contributed by atoms with Gasteiger partial charge in [0, 0.05) is 41.3 Å². The fourth-order valence-corrected chi connectivity index (χ4v) is 8.56. The lowest BCUT2D eigenvalue weighted by Gasteiger charge is -2.35. The van der Waals surface area contributed by atoms with Gasteiger partial charge in [0.05, 0.1) is 32.0 Å². The fraction of sp³-hybridized carbons (Fsp3) is 0.632. The zero-order chi connectivity index (χ0) is 35.3. The van der Waals surface area contributed by atoms with Gasteiger partial charge in [-0.05, 0) is 75.1 Å². The molecule has 3 amide bonds. The molecule has 10 nitrogen and oxygen atoms in total. The first-order valence-corrected chi connectivity index (χ1v) is 18.6. The van der Waals surface area contributed by atoms with Crippen LogP contribution < -0.4 is 10.6 Å². The van der Waals surface area contributed by atoms with Gasteiger partial charge in [-0.15, -0.1) is 5.73 Å². The molecule has 1 aromatic carbocycles. The number of rotatable bonds is 12. The van der Waals surface area contributed by atoms with Crippen molar-refractivity contribution >= 4 is 34.4 Å². The molecule has 3 saturated heterocycles. The van der Waals surface area contributed by atoms with E-state index < -0.39 is 23.6 Å². The molecule has 0 unspecified atom stereocenters. The lowest BCUT2D eigenvalue weighted by Crippen LogP contribution is -2.58. The van der Waals surface area contributed by atoms with Gasteiger partial charge in [-0.25, -0.2) is 0 Å². The first-order valence-electron chi connectivity index (χ1n) is 17.7. The number of nitrogens with one attached hydrogen (secondary N) is 2. The maximum atomic E-state index is 14.0. The summed E-state index contributed by atoms with van der Waals surface area (Å²) in [5, 5.41) is 28.5. The van der Waals surface area contributed by atoms with Gasteiger partial charge in [-0.1, -0.05) is 62.4 Å². The monoisotopic (exact) mass is 694 g/mol. The Morgan fingerprint density at radius 1 is 1.16 bits per heavy atom. The van der Waals surface area contributed by atoms with Crippen LogP contribution in [0.4, 0.5) is 0 Å². The number of fused-ring (bicyclic) bond motifs is 1. The molecular formula is C38H54N4O6S. The van der Waals surface area contributed by atoms with E-state index in [1.165, 1.54) is 15.4 Å². The molecule has 4 aliphatic heterocycles. The van der Waals surface area contributed by atoms with E-state index >= 15 is 0 Å². The minimum Gasteiger partial charge on any atom is -0.394 e. The molecular weight excluding hydrogens is 641 g/mol. The molecule has 49 heavy (non-hydrogen) atoms. The second-order valence-corrected chi connectivity index (χ2v) is 16.1. The Labute approximate surface area is 295 Å². The normalized spacial score (nSPS) is 26.8. The third kappa shape index (κ3) is 8.70. The molecule has 0 saturated carbocycles. The van der Waals surface area contributed by atoms with E-state index in [1.54, 1.807) is 11.8 Å². The minimum atomic E-state index is -0.889. The third-order valence-electron chi connectivity index (χ3n) is 10.6. The van der Waals surface area contributed by atoms with Gasteiger partial charge in [0.2, 0.25) is 17.7 Å². The quantitative estimate of drug-likeness (QED) is 0.188. The molecule has 0 spiro atoms. The predicted octanol–water partition coefficient (Wildman–Crippen LogP) is 4.29. The van der Waals surface area contributed by atoms with Gasteiger partial charge in [-0.2, -0.15) is 0 Å². The number of hydrogen-bond donors (Lipinski definition) is 4. The zero-order valence-electron chi connectivity index (χ0n) is 29.7. The highest BCUT2D eigenvalue weighted by atomic mass is 32.2. The average molecular weight is 695 g/mol. The van der Waals surface area contributed by atoms with Crippen molar-refractivity contribution in [2.45, 2.75) is 115 Å². The molecule has 5 rings (SSSR count). The summed E-state index contributed by atoms with van der Waals surface area (Å²) in [6.07, 6.45) is 6.32. The Balaban J connectivity index is 1.15. The number of ether oxygens (including phenoxy) is 1. The van der Waals surface area contributed by atoms with Gasteiger partial charge in [-0.3, -0.25) is 19.3 Å². The van der Waals surface area contributed by atoms with Crippen molar-refractivity contribution in [3.63, 3.8) is 0 Å². The molecule has 268 valence electrons. The maximum absolute atomic E-state index is 14.0. The van der Waals surface area contributed by atoms with Crippen LogP contribution in [0.1, 0.15) is 96.7 Å². The number of aliphatic hydroxyl groups is 2. The summed E-state index contributed by atoms with van der Waals surface area (Å²) in [6, 6.07) is 6.32. The number of thioether (sulfide) groups is 1. The largest absolute Gasteiger partial charge is 0.394 e. The number of carbonyl (C=O) groups is 3. The first kappa shape index (κ1) is 37.3. The molecule has 1 aromatic rings. The molecule has 4 N–H and O–H groups in total. The average Bonchev–Trinajstić information content (AvgIpc) is 3.72. The number of nitrogens with zero attached hydrogens (tertiary/aromatic N) is 2. The Morgan fingerprint density at radius 3 is 2.63 bits per heavy atom. The van der Waals surface area contributed by atoms with Crippen LogP contribution >= 0.6 is 11.8 Å². The summed E-state index contributed by atoms with van der Waals surface area (Å²) in [5.41, 5.74) is 5.75. The van der Waals surface area contributed by atoms with Crippen molar-refractivity contribution in [3.8, 4) is 0 Å². The van der Waals surface area contributed by atoms with Crippen LogP contribution in [0, 0.1) is 5.41 Å². The lowest BCUT2D eigenvalue weighted by molar-refractivity contribution is -0.144. The highest BCUT2D eigenvalue weighted by Crippen LogP contribution is 2.42. The van der Waals surface area contributed by atoms with Crippen molar-refractivity contribution in [2.24, 2.45) is 5.41 Å². The Morgan fingerprint density at radius 2 is 1.92 bits per heavy atom. The summed E-state index contributed by atoms with van der Waals surface area (Å²) in [5.74, 6) is -1.02. The van der Waals surface area contributed by atoms with Crippen LogP contribution in [-0.4, -0.2) is 100 Å². The number of benzene rings is 1. The van der Waals surface area contributed by atoms with Crippen molar-refractivity contribution in [2.75, 3.05) is 32.9 Å². The van der Waals surface area contributed by atoms with Gasteiger partial charge < -0.3 is 30.5 Å². The highest BCUT2D eigenvalue weighted by molar-refractivity contribution is 8.10. The van der Waals surface area contributed by atoms with E-state index in [1.807, 2.05) is 51.3 Å². The van der Waals surface area contributed by atoms with E-state index in [9.17, 15) is 24.6 Å². The number of carbonyl (C=O) groups excluding carboxylic acids is 3. The number of amides is 3. The summed E-state index contributed by atoms with van der Waals surface area (Å²) in [4.78, 5) is 45.7. The Bertz CT molecular complexity index is 1470. The number of hydrogen-bond acceptors (Lipinski definition) is 8. The van der Waals surface area contributed by atoms with Crippen molar-refractivity contribution in [1.29, 1.82) is 0 Å². The van der Waals surface area contributed by atoms with Crippen LogP contribution in [0.5, 0.6) is 0 Å². The topological polar surface area (TPSA) is 131 Å². The summed E-state index contributed by atoms with van der Waals surface area (Å²) in [6.45, 7) is 11.6. The number of aliphatic hydroxyl groups excluding tert-OH is 2. The molecule has 0 aliphatic carbocycles. The molecule has 11 heteroatoms. The molecule has 4 heterocycles. The molecule has 0 aromatic heterocycles. The standard InChI is InChI=1S/C38H54N4O6S/c1-25-9-6-7-20-49-33(25)28-12-10-27(11-13-28)26(2)39-35(46)31-21-30(44)22-41(31)36(47)34(37(3,4)5)40-32(45)15-19-48-23-29-14-17-38(24-43)16-8-18-42(29)38/h6,10-13,20,26,29-31,34,43-44H,8-9,14-19,21-24H2,1-5H3,(H,39,46)(H,40,45)/t26-,29+,30+,31-,34+,38+/m0/s1. The van der Waals surface area contributed by atoms with Crippen molar-refractivity contribution in [3.05, 3.63) is 58.2 Å². The summed E-state index contributed by atoms with van der Waals surface area (Å²) < 4.78 is 5.92. The van der Waals surface area contributed by atoms with Crippen LogP contribution in [0.15, 0.2) is 47.1 Å². The van der Waals surface area contributed by atoms with E-state index in [0.717, 1.165) is 49.8 Å². The molecule has 3 fully saturated rings. The molecule has 6 atom stereocenters. The summed E-state index contributed by atoms with van der Waals surface area (Å²) >= 11 is 1.65. The number of allylic oxidation sites excluding steroid dienone is 2. The molecule has 0 bridgehead atoms. The van der Waals surface area contributed by atoms with Crippen LogP contribution in [0.2, 0.25) is 0 Å².